The van der Waals surface area contributed by atoms with Crippen LogP contribution in [0.3, 0.4) is 0 Å². The van der Waals surface area contributed by atoms with Gasteiger partial charge in [-0.15, -0.1) is 0 Å². The molecule has 0 saturated carbocycles. The molecule has 2 aromatic rings. The molecule has 0 bridgehead atoms. The Kier molecular flexibility index (Phi) is 20.8. The predicted molar refractivity (Wildman–Crippen MR) is 180 cm³/mol. The molecule has 0 aliphatic rings. The van der Waals surface area contributed by atoms with Crippen molar-refractivity contribution in [2.24, 2.45) is 0 Å². The zero-order chi connectivity index (χ0) is 31.7. The van der Waals surface area contributed by atoms with Gasteiger partial charge in [0.05, 0.1) is 17.1 Å². The Morgan fingerprint density at radius 1 is 0.636 bits per heavy atom. The molecule has 0 fully saturated rings. The fraction of sp³-hybridized carbons (Fsp3) is 0.649. The molecule has 0 saturated heterocycles. The number of unbranched alkanes of at least 4 members (excludes halogenated alkanes) is 17. The molecule has 0 aliphatic carbocycles. The molecule has 6 nitrogen and oxygen atoms in total. The number of carbonyl (C=O) groups is 1. The maximum Gasteiger partial charge on any atom is 0.338 e. The van der Waals surface area contributed by atoms with E-state index in [1.807, 2.05) is 13.0 Å². The van der Waals surface area contributed by atoms with Crippen LogP contribution < -0.4 is 0 Å². The van der Waals surface area contributed by atoms with E-state index in [4.69, 9.17) is 13.7 Å². The van der Waals surface area contributed by atoms with E-state index >= 15 is 0 Å². The summed E-state index contributed by atoms with van der Waals surface area (Å²) in [7, 11) is -3.98. The zero-order valence-corrected chi connectivity index (χ0v) is 28.3. The topological polar surface area (TPSA) is 78.9 Å². The number of aryl methyl sites for hydroxylation is 1. The van der Waals surface area contributed by atoms with E-state index < -0.39 is 22.2 Å². The van der Waals surface area contributed by atoms with Crippen molar-refractivity contribution in [3.63, 3.8) is 0 Å². The van der Waals surface area contributed by atoms with Gasteiger partial charge in [0.2, 0.25) is 0 Å². The third kappa shape index (κ3) is 17.9. The van der Waals surface area contributed by atoms with Gasteiger partial charge in [0.25, 0.3) is 10.1 Å². The van der Waals surface area contributed by atoms with E-state index in [-0.39, 0.29) is 18.1 Å². The number of hydrogen-bond acceptors (Lipinski definition) is 6. The molecule has 1 unspecified atom stereocenters. The average Bonchev–Trinajstić information content (AvgIpc) is 3.03. The number of esters is 1. The third-order valence-electron chi connectivity index (χ3n) is 7.95. The first-order valence-electron chi connectivity index (χ1n) is 17.2. The van der Waals surface area contributed by atoms with Crippen LogP contribution >= 0.6 is 0 Å². The Hall–Kier alpha value is -2.22. The van der Waals surface area contributed by atoms with Gasteiger partial charge < -0.3 is 9.47 Å². The van der Waals surface area contributed by atoms with Crippen LogP contribution in [0.5, 0.6) is 0 Å². The summed E-state index contributed by atoms with van der Waals surface area (Å²) >= 11 is 0. The summed E-state index contributed by atoms with van der Waals surface area (Å²) in [6.45, 7) is 4.45. The van der Waals surface area contributed by atoms with Crippen LogP contribution in [0.4, 0.5) is 0 Å². The lowest BCUT2D eigenvalue weighted by molar-refractivity contribution is -0.0196. The fourth-order valence-electron chi connectivity index (χ4n) is 5.17. The highest BCUT2D eigenvalue weighted by atomic mass is 32.2. The monoisotopic (exact) mass is 630 g/mol. The van der Waals surface area contributed by atoms with Crippen molar-refractivity contribution in [2.75, 3.05) is 19.8 Å². The predicted octanol–water partition coefficient (Wildman–Crippen LogP) is 9.98. The van der Waals surface area contributed by atoms with Crippen LogP contribution in [-0.2, 0) is 23.8 Å². The van der Waals surface area contributed by atoms with Crippen LogP contribution in [0.1, 0.15) is 138 Å². The summed E-state index contributed by atoms with van der Waals surface area (Å²) in [5, 5.41) is 0. The van der Waals surface area contributed by atoms with Gasteiger partial charge in [0.15, 0.2) is 6.10 Å². The van der Waals surface area contributed by atoms with Crippen LogP contribution in [0, 0.1) is 6.92 Å². The highest BCUT2D eigenvalue weighted by Crippen LogP contribution is 2.16. The minimum absolute atomic E-state index is 0.0657. The molecule has 44 heavy (non-hydrogen) atoms. The lowest BCUT2D eigenvalue weighted by Gasteiger charge is -2.18. The van der Waals surface area contributed by atoms with E-state index in [2.05, 4.69) is 6.92 Å². The standard InChI is InChI=1S/C37H58O6S/c1-3-4-5-6-7-8-9-10-11-12-13-14-15-16-17-18-19-23-30-41-31-35(43-37(38)34-24-21-20-22-25-34)32-42-44(39,40)36-28-26-33(2)27-29-36/h20-22,24-29,35H,3-19,23,30-32H2,1-2H3. The first-order valence-corrected chi connectivity index (χ1v) is 18.6. The summed E-state index contributed by atoms with van der Waals surface area (Å²) in [6.07, 6.45) is 23.0. The molecule has 2 rings (SSSR count). The maximum atomic E-state index is 12.7. The Balaban J connectivity index is 1.55. The summed E-state index contributed by atoms with van der Waals surface area (Å²) in [6, 6.07) is 15.1. The summed E-state index contributed by atoms with van der Waals surface area (Å²) in [5.74, 6) is -0.538. The van der Waals surface area contributed by atoms with Gasteiger partial charge in [-0.1, -0.05) is 152 Å². The van der Waals surface area contributed by atoms with Crippen LogP contribution in [0.25, 0.3) is 0 Å². The molecular weight excluding hydrogens is 572 g/mol. The van der Waals surface area contributed by atoms with Crippen LogP contribution in [0.15, 0.2) is 59.5 Å². The van der Waals surface area contributed by atoms with E-state index in [9.17, 15) is 13.2 Å². The smallest absolute Gasteiger partial charge is 0.338 e. The van der Waals surface area contributed by atoms with Crippen LogP contribution in [-0.4, -0.2) is 40.3 Å². The number of benzene rings is 2. The maximum absolute atomic E-state index is 12.7. The van der Waals surface area contributed by atoms with Crippen LogP contribution in [0.2, 0.25) is 0 Å². The van der Waals surface area contributed by atoms with Gasteiger partial charge in [-0.05, 0) is 37.6 Å². The summed E-state index contributed by atoms with van der Waals surface area (Å²) < 4.78 is 41.9. The van der Waals surface area contributed by atoms with E-state index in [1.165, 1.54) is 115 Å². The van der Waals surface area contributed by atoms with E-state index in [1.54, 1.807) is 36.4 Å². The molecule has 0 amide bonds. The minimum Gasteiger partial charge on any atom is -0.454 e. The van der Waals surface area contributed by atoms with Gasteiger partial charge in [-0.3, -0.25) is 4.18 Å². The SMILES string of the molecule is CCCCCCCCCCCCCCCCCCCCOCC(COS(=O)(=O)c1ccc(C)cc1)OC(=O)c1ccccc1. The lowest BCUT2D eigenvalue weighted by Crippen LogP contribution is -2.30. The highest BCUT2D eigenvalue weighted by Gasteiger charge is 2.22. The second-order valence-corrected chi connectivity index (χ2v) is 13.6. The van der Waals surface area contributed by atoms with Gasteiger partial charge in [0, 0.05) is 6.61 Å². The summed E-state index contributed by atoms with van der Waals surface area (Å²) in [4.78, 5) is 12.7. The quantitative estimate of drug-likeness (QED) is 0.0555. The van der Waals surface area contributed by atoms with Gasteiger partial charge in [-0.25, -0.2) is 4.79 Å². The van der Waals surface area contributed by atoms with Crippen molar-refractivity contribution in [1.82, 2.24) is 0 Å². The molecule has 1 atom stereocenters. The number of hydrogen-bond donors (Lipinski definition) is 0. The molecule has 7 heteroatoms. The third-order valence-corrected chi connectivity index (χ3v) is 9.24. The molecule has 0 spiro atoms. The lowest BCUT2D eigenvalue weighted by atomic mass is 10.0. The molecule has 248 valence electrons. The Bertz CT molecular complexity index is 1080. The summed E-state index contributed by atoms with van der Waals surface area (Å²) in [5.41, 5.74) is 1.34. The van der Waals surface area contributed by atoms with Gasteiger partial charge in [-0.2, -0.15) is 8.42 Å². The molecule has 0 radical (unpaired) electrons. The van der Waals surface area contributed by atoms with Crippen molar-refractivity contribution in [3.05, 3.63) is 65.7 Å². The van der Waals surface area contributed by atoms with E-state index in [0.717, 1.165) is 18.4 Å². The average molecular weight is 631 g/mol. The van der Waals surface area contributed by atoms with Crippen molar-refractivity contribution in [2.45, 2.75) is 140 Å². The van der Waals surface area contributed by atoms with Crippen molar-refractivity contribution in [1.29, 1.82) is 0 Å². The second kappa shape index (κ2) is 24.1. The number of rotatable bonds is 27. The molecule has 0 N–H and O–H groups in total. The van der Waals surface area contributed by atoms with Gasteiger partial charge >= 0.3 is 5.97 Å². The molecular formula is C37H58O6S. The van der Waals surface area contributed by atoms with Crippen molar-refractivity contribution < 1.29 is 26.9 Å². The van der Waals surface area contributed by atoms with E-state index in [0.29, 0.717) is 12.2 Å². The number of ether oxygens (including phenoxy) is 2. The molecule has 0 aromatic heterocycles. The Labute approximate surface area is 268 Å². The Morgan fingerprint density at radius 2 is 1.11 bits per heavy atom. The minimum atomic E-state index is -3.98. The van der Waals surface area contributed by atoms with Crippen molar-refractivity contribution >= 4 is 16.1 Å². The normalized spacial score (nSPS) is 12.3. The largest absolute Gasteiger partial charge is 0.454 e. The fourth-order valence-corrected chi connectivity index (χ4v) is 6.11. The Morgan fingerprint density at radius 3 is 1.61 bits per heavy atom. The number of carbonyl (C=O) groups excluding carboxylic acids is 1. The zero-order valence-electron chi connectivity index (χ0n) is 27.5. The first kappa shape index (κ1) is 38.0. The molecule has 0 aliphatic heterocycles. The first-order chi connectivity index (χ1) is 21.4. The molecule has 0 heterocycles. The second-order valence-electron chi connectivity index (χ2n) is 12.0. The highest BCUT2D eigenvalue weighted by molar-refractivity contribution is 7.86. The van der Waals surface area contributed by atoms with Gasteiger partial charge in [0.1, 0.15) is 6.61 Å². The van der Waals surface area contributed by atoms with Crippen molar-refractivity contribution in [3.8, 4) is 0 Å². The molecule has 2 aromatic carbocycles.